The summed E-state index contributed by atoms with van der Waals surface area (Å²) in [5.74, 6) is 0.697. The highest BCUT2D eigenvalue weighted by Gasteiger charge is 2.33. The van der Waals surface area contributed by atoms with Crippen molar-refractivity contribution in [2.75, 3.05) is 19.5 Å². The molecule has 1 heterocycles. The first-order valence-electron chi connectivity index (χ1n) is 6.06. The van der Waals surface area contributed by atoms with Crippen LogP contribution in [0.1, 0.15) is 11.5 Å². The number of oxazole rings is 1. The Balaban J connectivity index is 2.22. The quantitative estimate of drug-likeness (QED) is 0.826. The van der Waals surface area contributed by atoms with Gasteiger partial charge in [0, 0.05) is 27.7 Å². The zero-order chi connectivity index (χ0) is 14.6. The predicted octanol–water partition coefficient (Wildman–Crippen LogP) is 2.71. The fourth-order valence-corrected chi connectivity index (χ4v) is 2.87. The number of nitrogens with zero attached hydrogens (tertiary/aromatic N) is 1. The van der Waals surface area contributed by atoms with Crippen LogP contribution in [0.25, 0.3) is 0 Å². The first kappa shape index (κ1) is 14.8. The Bertz CT molecular complexity index is 604. The summed E-state index contributed by atoms with van der Waals surface area (Å²) in [4.78, 5) is 4.09. The van der Waals surface area contributed by atoms with E-state index < -0.39 is 7.60 Å². The summed E-state index contributed by atoms with van der Waals surface area (Å²) >= 11 is 0. The van der Waals surface area contributed by atoms with Crippen LogP contribution in [0.2, 0.25) is 0 Å². The third-order valence-electron chi connectivity index (χ3n) is 2.75. The molecule has 1 aromatic carbocycles. The molecule has 0 saturated heterocycles. The van der Waals surface area contributed by atoms with E-state index in [1.54, 1.807) is 6.92 Å². The lowest BCUT2D eigenvalue weighted by molar-refractivity contribution is 0.286. The first-order chi connectivity index (χ1) is 9.59. The number of rotatable bonds is 6. The van der Waals surface area contributed by atoms with Crippen molar-refractivity contribution in [1.29, 1.82) is 0 Å². The molecule has 0 bridgehead atoms. The minimum atomic E-state index is -3.44. The van der Waals surface area contributed by atoms with E-state index in [4.69, 9.17) is 13.5 Å². The summed E-state index contributed by atoms with van der Waals surface area (Å²) in [6.07, 6.45) is 0. The highest BCUT2D eigenvalue weighted by Crippen LogP contribution is 2.46. The SMILES string of the molecule is COP(=O)(OC)c1nc(C)oc1NCc1ccccc1. The normalized spacial score (nSPS) is 11.6. The van der Waals surface area contributed by atoms with Crippen LogP contribution < -0.4 is 10.8 Å². The molecule has 6 nitrogen and oxygen atoms in total. The van der Waals surface area contributed by atoms with Crippen LogP contribution in [0.4, 0.5) is 5.88 Å². The fraction of sp³-hybridized carbons (Fsp3) is 0.308. The Hall–Kier alpha value is -1.62. The van der Waals surface area contributed by atoms with E-state index in [1.807, 2.05) is 30.3 Å². The average Bonchev–Trinajstić information content (AvgIpc) is 2.87. The van der Waals surface area contributed by atoms with Gasteiger partial charge in [0.1, 0.15) is 0 Å². The van der Waals surface area contributed by atoms with Crippen LogP contribution in [-0.2, 0) is 20.2 Å². The summed E-state index contributed by atoms with van der Waals surface area (Å²) < 4.78 is 27.7. The molecule has 0 amide bonds. The molecule has 0 radical (unpaired) electrons. The molecule has 0 fully saturated rings. The molecule has 0 spiro atoms. The number of aromatic nitrogens is 1. The molecule has 2 rings (SSSR count). The maximum atomic E-state index is 12.4. The molecular weight excluding hydrogens is 279 g/mol. The van der Waals surface area contributed by atoms with Gasteiger partial charge in [0.15, 0.2) is 5.89 Å². The van der Waals surface area contributed by atoms with Gasteiger partial charge in [-0.05, 0) is 5.56 Å². The van der Waals surface area contributed by atoms with Crippen LogP contribution in [0.3, 0.4) is 0 Å². The Morgan fingerprint density at radius 1 is 1.25 bits per heavy atom. The summed E-state index contributed by atoms with van der Waals surface area (Å²) in [6, 6.07) is 9.78. The van der Waals surface area contributed by atoms with Crippen LogP contribution >= 0.6 is 7.60 Å². The number of anilines is 1. The second-order valence-electron chi connectivity index (χ2n) is 4.09. The third kappa shape index (κ3) is 3.10. The first-order valence-corrected chi connectivity index (χ1v) is 7.60. The van der Waals surface area contributed by atoms with E-state index in [9.17, 15) is 4.57 Å². The fourth-order valence-electron chi connectivity index (χ4n) is 1.74. The number of hydrogen-bond donors (Lipinski definition) is 1. The summed E-state index contributed by atoms with van der Waals surface area (Å²) in [5, 5.41) is 3.06. The molecule has 1 N–H and O–H groups in total. The van der Waals surface area contributed by atoms with Gasteiger partial charge in [0.05, 0.1) is 0 Å². The van der Waals surface area contributed by atoms with Crippen LogP contribution in [0.15, 0.2) is 34.7 Å². The van der Waals surface area contributed by atoms with Gasteiger partial charge in [0.2, 0.25) is 11.3 Å². The van der Waals surface area contributed by atoms with E-state index >= 15 is 0 Å². The van der Waals surface area contributed by atoms with Crippen LogP contribution in [0.5, 0.6) is 0 Å². The number of nitrogens with one attached hydrogen (secondary N) is 1. The molecule has 0 atom stereocenters. The Morgan fingerprint density at radius 3 is 2.50 bits per heavy atom. The zero-order valence-corrected chi connectivity index (χ0v) is 12.5. The highest BCUT2D eigenvalue weighted by atomic mass is 31.2. The van der Waals surface area contributed by atoms with Crippen LogP contribution in [0, 0.1) is 6.92 Å². The molecule has 0 aliphatic rings. The lowest BCUT2D eigenvalue weighted by Crippen LogP contribution is -2.14. The van der Waals surface area contributed by atoms with Gasteiger partial charge in [-0.15, -0.1) is 0 Å². The van der Waals surface area contributed by atoms with Crippen molar-refractivity contribution in [3.8, 4) is 0 Å². The van der Waals surface area contributed by atoms with E-state index in [1.165, 1.54) is 14.2 Å². The van der Waals surface area contributed by atoms with Crippen LogP contribution in [-0.4, -0.2) is 19.2 Å². The number of aryl methyl sites for hydroxylation is 1. The topological polar surface area (TPSA) is 73.6 Å². The molecule has 108 valence electrons. The van der Waals surface area contributed by atoms with Crippen molar-refractivity contribution in [2.24, 2.45) is 0 Å². The zero-order valence-electron chi connectivity index (χ0n) is 11.6. The molecule has 0 aliphatic heterocycles. The lowest BCUT2D eigenvalue weighted by Gasteiger charge is -2.12. The molecule has 0 aliphatic carbocycles. The maximum Gasteiger partial charge on any atom is 0.384 e. The number of hydrogen-bond acceptors (Lipinski definition) is 6. The minimum Gasteiger partial charge on any atom is -0.425 e. The largest absolute Gasteiger partial charge is 0.425 e. The van der Waals surface area contributed by atoms with Crippen molar-refractivity contribution in [3.63, 3.8) is 0 Å². The molecule has 7 heteroatoms. The number of benzene rings is 1. The Labute approximate surface area is 117 Å². The molecule has 2 aromatic rings. The van der Waals surface area contributed by atoms with Crippen molar-refractivity contribution < 1.29 is 18.0 Å². The molecule has 0 saturated carbocycles. The second kappa shape index (κ2) is 6.22. The van der Waals surface area contributed by atoms with Gasteiger partial charge in [-0.1, -0.05) is 30.3 Å². The maximum absolute atomic E-state index is 12.4. The molecule has 0 unspecified atom stereocenters. The summed E-state index contributed by atoms with van der Waals surface area (Å²) in [7, 11) is -0.809. The molecule has 20 heavy (non-hydrogen) atoms. The molecule has 1 aromatic heterocycles. The van der Waals surface area contributed by atoms with E-state index in [0.29, 0.717) is 18.3 Å². The highest BCUT2D eigenvalue weighted by molar-refractivity contribution is 7.62. The van der Waals surface area contributed by atoms with Crippen molar-refractivity contribution in [1.82, 2.24) is 4.98 Å². The van der Waals surface area contributed by atoms with Gasteiger partial charge in [-0.2, -0.15) is 0 Å². The van der Waals surface area contributed by atoms with Gasteiger partial charge in [-0.3, -0.25) is 4.57 Å². The van der Waals surface area contributed by atoms with Crippen molar-refractivity contribution in [3.05, 3.63) is 41.8 Å². The summed E-state index contributed by atoms with van der Waals surface area (Å²) in [6.45, 7) is 2.20. The Morgan fingerprint density at radius 2 is 1.90 bits per heavy atom. The summed E-state index contributed by atoms with van der Waals surface area (Å²) in [5.41, 5.74) is 1.23. The minimum absolute atomic E-state index is 0.163. The predicted molar refractivity (Wildman–Crippen MR) is 76.3 cm³/mol. The van der Waals surface area contributed by atoms with Gasteiger partial charge < -0.3 is 18.8 Å². The van der Waals surface area contributed by atoms with E-state index in [-0.39, 0.29) is 5.44 Å². The standard InChI is InChI=1S/C13H17N2O4P/c1-10-15-13(20(16,17-2)18-3)12(19-10)14-9-11-7-5-4-6-8-11/h4-8,14H,9H2,1-3H3. The third-order valence-corrected chi connectivity index (χ3v) is 4.54. The van der Waals surface area contributed by atoms with Gasteiger partial charge in [-0.25, -0.2) is 4.98 Å². The van der Waals surface area contributed by atoms with Gasteiger partial charge in [0.25, 0.3) is 0 Å². The van der Waals surface area contributed by atoms with E-state index in [2.05, 4.69) is 10.3 Å². The monoisotopic (exact) mass is 296 g/mol. The van der Waals surface area contributed by atoms with Crippen molar-refractivity contribution in [2.45, 2.75) is 13.5 Å². The lowest BCUT2D eigenvalue weighted by atomic mass is 10.2. The molecular formula is C13H17N2O4P. The van der Waals surface area contributed by atoms with Crippen molar-refractivity contribution >= 4 is 18.9 Å². The van der Waals surface area contributed by atoms with Gasteiger partial charge >= 0.3 is 7.60 Å². The average molecular weight is 296 g/mol. The smallest absolute Gasteiger partial charge is 0.384 e. The van der Waals surface area contributed by atoms with E-state index in [0.717, 1.165) is 5.56 Å². The Kier molecular flexibility index (Phi) is 4.60. The second-order valence-corrected chi connectivity index (χ2v) is 6.24.